The molecule has 2 aromatic rings. The number of carboxylic acid groups (broad SMARTS) is 1. The van der Waals surface area contributed by atoms with Crippen LogP contribution < -0.4 is 5.32 Å². The van der Waals surface area contributed by atoms with Crippen LogP contribution in [0.1, 0.15) is 44.2 Å². The lowest BCUT2D eigenvalue weighted by Crippen LogP contribution is -2.50. The Morgan fingerprint density at radius 3 is 2.03 bits per heavy atom. The Morgan fingerprint density at radius 1 is 1.03 bits per heavy atom. The molecular weight excluding hydrogens is 370 g/mol. The van der Waals surface area contributed by atoms with Gasteiger partial charge in [-0.2, -0.15) is 0 Å². The number of amides is 1. The molecule has 1 aliphatic rings. The molecule has 29 heavy (non-hydrogen) atoms. The molecule has 154 valence electrons. The van der Waals surface area contributed by atoms with Gasteiger partial charge in [-0.3, -0.25) is 0 Å². The van der Waals surface area contributed by atoms with E-state index in [4.69, 9.17) is 4.74 Å². The number of aliphatic carboxylic acids is 1. The maximum atomic E-state index is 12.3. The van der Waals surface area contributed by atoms with Gasteiger partial charge in [0, 0.05) is 5.92 Å². The van der Waals surface area contributed by atoms with Gasteiger partial charge in [0.2, 0.25) is 0 Å². The summed E-state index contributed by atoms with van der Waals surface area (Å²) in [7, 11) is 0. The molecule has 0 radical (unpaired) electrons. The number of benzene rings is 2. The zero-order chi connectivity index (χ0) is 21.2. The Labute approximate surface area is 170 Å². The van der Waals surface area contributed by atoms with Crippen molar-refractivity contribution in [2.75, 3.05) is 6.61 Å². The lowest BCUT2D eigenvalue weighted by molar-refractivity contribution is -0.142. The van der Waals surface area contributed by atoms with E-state index in [0.29, 0.717) is 0 Å². The summed E-state index contributed by atoms with van der Waals surface area (Å²) in [5.74, 6) is -1.41. The van der Waals surface area contributed by atoms with Gasteiger partial charge in [-0.1, -0.05) is 69.3 Å². The van der Waals surface area contributed by atoms with Crippen molar-refractivity contribution in [3.8, 4) is 11.1 Å². The third-order valence-corrected chi connectivity index (χ3v) is 5.09. The van der Waals surface area contributed by atoms with Gasteiger partial charge < -0.3 is 20.3 Å². The SMILES string of the molecule is CC(C)(C)CC(O)C(NC(=O)OCC1c2ccccc2-c2ccccc21)C(=O)O. The highest BCUT2D eigenvalue weighted by Gasteiger charge is 2.33. The summed E-state index contributed by atoms with van der Waals surface area (Å²) >= 11 is 0. The van der Waals surface area contributed by atoms with Crippen LogP contribution in [-0.2, 0) is 9.53 Å². The van der Waals surface area contributed by atoms with Gasteiger partial charge in [0.25, 0.3) is 0 Å². The number of carbonyl (C=O) groups excluding carboxylic acids is 1. The molecule has 0 heterocycles. The molecule has 2 aromatic carbocycles. The molecule has 1 aliphatic carbocycles. The van der Waals surface area contributed by atoms with Gasteiger partial charge >= 0.3 is 12.1 Å². The molecular formula is C23H27NO5. The number of aliphatic hydroxyl groups is 1. The first-order valence-corrected chi connectivity index (χ1v) is 9.70. The fraction of sp³-hybridized carbons (Fsp3) is 0.391. The van der Waals surface area contributed by atoms with Crippen LogP contribution in [0.15, 0.2) is 48.5 Å². The second kappa shape index (κ2) is 8.25. The summed E-state index contributed by atoms with van der Waals surface area (Å²) in [5, 5.41) is 22.0. The van der Waals surface area contributed by atoms with Crippen molar-refractivity contribution in [3.05, 3.63) is 59.7 Å². The number of carbonyl (C=O) groups is 2. The third-order valence-electron chi connectivity index (χ3n) is 5.09. The third kappa shape index (κ3) is 4.77. The molecule has 2 atom stereocenters. The Kier molecular flexibility index (Phi) is 5.94. The number of fused-ring (bicyclic) bond motifs is 3. The quantitative estimate of drug-likeness (QED) is 0.689. The van der Waals surface area contributed by atoms with Crippen LogP contribution in [0.2, 0.25) is 0 Å². The number of carboxylic acids is 1. The second-order valence-corrected chi connectivity index (χ2v) is 8.62. The van der Waals surface area contributed by atoms with E-state index in [1.807, 2.05) is 69.3 Å². The summed E-state index contributed by atoms with van der Waals surface area (Å²) in [6, 6.07) is 14.5. The van der Waals surface area contributed by atoms with E-state index < -0.39 is 24.2 Å². The maximum absolute atomic E-state index is 12.3. The fourth-order valence-corrected chi connectivity index (χ4v) is 3.83. The lowest BCUT2D eigenvalue weighted by Gasteiger charge is -2.26. The predicted molar refractivity (Wildman–Crippen MR) is 110 cm³/mol. The van der Waals surface area contributed by atoms with Gasteiger partial charge in [0.15, 0.2) is 6.04 Å². The maximum Gasteiger partial charge on any atom is 0.407 e. The molecule has 3 N–H and O–H groups in total. The predicted octanol–water partition coefficient (Wildman–Crippen LogP) is 3.78. The van der Waals surface area contributed by atoms with Gasteiger partial charge in [-0.25, -0.2) is 9.59 Å². The van der Waals surface area contributed by atoms with E-state index in [1.165, 1.54) is 0 Å². The van der Waals surface area contributed by atoms with E-state index in [0.717, 1.165) is 22.3 Å². The fourth-order valence-electron chi connectivity index (χ4n) is 3.83. The van der Waals surface area contributed by atoms with Crippen LogP contribution in [-0.4, -0.2) is 41.0 Å². The molecule has 1 amide bonds. The van der Waals surface area contributed by atoms with Crippen molar-refractivity contribution >= 4 is 12.1 Å². The Morgan fingerprint density at radius 2 is 1.55 bits per heavy atom. The van der Waals surface area contributed by atoms with E-state index in [9.17, 15) is 19.8 Å². The molecule has 0 fully saturated rings. The average Bonchev–Trinajstić information content (AvgIpc) is 2.96. The largest absolute Gasteiger partial charge is 0.480 e. The highest BCUT2D eigenvalue weighted by Crippen LogP contribution is 2.44. The molecule has 0 saturated carbocycles. The van der Waals surface area contributed by atoms with Gasteiger partial charge in [-0.05, 0) is 34.1 Å². The molecule has 6 heteroatoms. The first kappa shape index (κ1) is 20.9. The van der Waals surface area contributed by atoms with Crippen LogP contribution in [0, 0.1) is 5.41 Å². The Hall–Kier alpha value is -2.86. The first-order valence-electron chi connectivity index (χ1n) is 9.70. The normalized spacial score (nSPS) is 15.2. The molecule has 6 nitrogen and oxygen atoms in total. The second-order valence-electron chi connectivity index (χ2n) is 8.62. The van der Waals surface area contributed by atoms with Crippen molar-refractivity contribution in [3.63, 3.8) is 0 Å². The minimum Gasteiger partial charge on any atom is -0.480 e. The molecule has 0 aliphatic heterocycles. The number of nitrogens with one attached hydrogen (secondary N) is 1. The Balaban J connectivity index is 1.68. The van der Waals surface area contributed by atoms with Crippen molar-refractivity contribution in [1.82, 2.24) is 5.32 Å². The van der Waals surface area contributed by atoms with Crippen molar-refractivity contribution < 1.29 is 24.5 Å². The van der Waals surface area contributed by atoms with Gasteiger partial charge in [-0.15, -0.1) is 0 Å². The van der Waals surface area contributed by atoms with Crippen molar-refractivity contribution in [1.29, 1.82) is 0 Å². The van der Waals surface area contributed by atoms with Crippen LogP contribution in [0.25, 0.3) is 11.1 Å². The summed E-state index contributed by atoms with van der Waals surface area (Å²) in [4.78, 5) is 23.8. The highest BCUT2D eigenvalue weighted by atomic mass is 16.5. The van der Waals surface area contributed by atoms with Crippen LogP contribution in [0.3, 0.4) is 0 Å². The van der Waals surface area contributed by atoms with Gasteiger partial charge in [0.05, 0.1) is 6.10 Å². The zero-order valence-electron chi connectivity index (χ0n) is 16.9. The summed E-state index contributed by atoms with van der Waals surface area (Å²) in [6.45, 7) is 5.76. The molecule has 0 saturated heterocycles. The van der Waals surface area contributed by atoms with Crippen molar-refractivity contribution in [2.45, 2.75) is 45.3 Å². The average molecular weight is 397 g/mol. The number of hydrogen-bond donors (Lipinski definition) is 3. The highest BCUT2D eigenvalue weighted by molar-refractivity contribution is 5.81. The zero-order valence-corrected chi connectivity index (χ0v) is 16.9. The smallest absolute Gasteiger partial charge is 0.407 e. The minimum absolute atomic E-state index is 0.0849. The monoisotopic (exact) mass is 397 g/mol. The number of hydrogen-bond acceptors (Lipinski definition) is 4. The summed E-state index contributed by atoms with van der Waals surface area (Å²) < 4.78 is 5.38. The molecule has 0 spiro atoms. The van der Waals surface area contributed by atoms with Crippen LogP contribution in [0.4, 0.5) is 4.79 Å². The van der Waals surface area contributed by atoms with E-state index in [1.54, 1.807) is 0 Å². The number of ether oxygens (including phenoxy) is 1. The number of rotatable bonds is 6. The molecule has 0 bridgehead atoms. The first-order chi connectivity index (χ1) is 13.7. The number of aliphatic hydroxyl groups excluding tert-OH is 1. The standard InChI is InChI=1S/C23H27NO5/c1-23(2,3)12-19(25)20(21(26)27)24-22(28)29-13-18-16-10-6-4-8-14(16)15-9-5-7-11-17(15)18/h4-11,18-20,25H,12-13H2,1-3H3,(H,24,28)(H,26,27). The summed E-state index contributed by atoms with van der Waals surface area (Å²) in [6.07, 6.45) is -1.84. The number of alkyl carbamates (subject to hydrolysis) is 1. The topological polar surface area (TPSA) is 95.9 Å². The molecule has 2 unspecified atom stereocenters. The molecule has 3 rings (SSSR count). The van der Waals surface area contributed by atoms with E-state index >= 15 is 0 Å². The minimum atomic E-state index is -1.43. The lowest BCUT2D eigenvalue weighted by atomic mass is 9.87. The van der Waals surface area contributed by atoms with Crippen LogP contribution in [0.5, 0.6) is 0 Å². The van der Waals surface area contributed by atoms with Crippen molar-refractivity contribution in [2.24, 2.45) is 5.41 Å². The van der Waals surface area contributed by atoms with E-state index in [2.05, 4.69) is 5.32 Å². The van der Waals surface area contributed by atoms with E-state index in [-0.39, 0.29) is 24.4 Å². The van der Waals surface area contributed by atoms with Gasteiger partial charge in [0.1, 0.15) is 6.61 Å². The molecule has 0 aromatic heterocycles. The van der Waals surface area contributed by atoms with Crippen LogP contribution >= 0.6 is 0 Å². The summed E-state index contributed by atoms with van der Waals surface area (Å²) in [5.41, 5.74) is 4.09. The Bertz CT molecular complexity index is 857.